The van der Waals surface area contributed by atoms with Gasteiger partial charge in [0.05, 0.1) is 48.5 Å². The standard InChI is InChI=1S/C46H31N7O14S4.4Na/c54-42-24-31(70(62,63)64)20-26-19-30(69(59,60)61)23-41(44(26)42)52-50-38-15-14-37(33-8-4-5-9-34(33)38)48-49-39-16-17-40(36-22-29(68(56,57)58)11-13-35(36)39)51-53-45-43(71(65,66)67)21-25-18-28(10-12-32(25)46(45)55)47-27-6-2-1-3-7-27;;;;/h1-24,47,54-55H,(H,56,57,58)(H,59,60,61)(H,62,63,64)(H,65,66,67);;;;. The summed E-state index contributed by atoms with van der Waals surface area (Å²) < 4.78 is 138. The summed E-state index contributed by atoms with van der Waals surface area (Å²) in [4.78, 5) is -2.80. The second kappa shape index (κ2) is 24.3. The van der Waals surface area contributed by atoms with Gasteiger partial charge in [-0.1, -0.05) is 48.5 Å². The number of rotatable bonds is 12. The van der Waals surface area contributed by atoms with Crippen LogP contribution in [0, 0.1) is 0 Å². The van der Waals surface area contributed by atoms with Crippen molar-refractivity contribution in [3.63, 3.8) is 0 Å². The molecule has 0 heterocycles. The zero-order valence-electron chi connectivity index (χ0n) is 39.6. The molecular formula is C46H31N7Na4O14S4. The summed E-state index contributed by atoms with van der Waals surface area (Å²) in [5.41, 5.74) is 0.854. The zero-order valence-corrected chi connectivity index (χ0v) is 50.9. The molecule has 7 N–H and O–H groups in total. The first kappa shape index (κ1) is 61.7. The molecule has 0 amide bonds. The van der Waals surface area contributed by atoms with Crippen molar-refractivity contribution < 1.29 is 62.1 Å². The van der Waals surface area contributed by atoms with Gasteiger partial charge in [0, 0.05) is 163 Å². The maximum atomic E-state index is 12.7. The molecule has 0 spiro atoms. The van der Waals surface area contributed by atoms with Crippen molar-refractivity contribution in [1.82, 2.24) is 0 Å². The van der Waals surface area contributed by atoms with E-state index >= 15 is 0 Å². The predicted octanol–water partition coefficient (Wildman–Crippen LogP) is 10.2. The van der Waals surface area contributed by atoms with E-state index in [1.54, 1.807) is 36.4 Å². The van der Waals surface area contributed by atoms with Crippen molar-refractivity contribution in [2.75, 3.05) is 5.32 Å². The molecule has 0 aliphatic rings. The number of azo groups is 3. The number of aromatic hydroxyl groups is 2. The summed E-state index contributed by atoms with van der Waals surface area (Å²) in [5, 5.41) is 51.9. The largest absolute Gasteiger partial charge is 0.507 e. The average molecular weight is 1130 g/mol. The molecule has 4 radical (unpaired) electrons. The van der Waals surface area contributed by atoms with Crippen molar-refractivity contribution >= 4 is 247 Å². The monoisotopic (exact) mass is 1130 g/mol. The van der Waals surface area contributed by atoms with E-state index in [-0.39, 0.29) is 179 Å². The Hall–Kier alpha value is -4.14. The zero-order chi connectivity index (χ0) is 50.6. The van der Waals surface area contributed by atoms with Gasteiger partial charge in [-0.15, -0.1) is 30.7 Å². The minimum Gasteiger partial charge on any atom is -0.507 e. The summed E-state index contributed by atoms with van der Waals surface area (Å²) in [5.74, 6) is -1.35. The third-order valence-corrected chi connectivity index (χ3v) is 14.2. The fourth-order valence-corrected chi connectivity index (χ4v) is 9.83. The maximum absolute atomic E-state index is 12.7. The Labute approximate surface area is 515 Å². The van der Waals surface area contributed by atoms with Gasteiger partial charge in [-0.2, -0.15) is 33.7 Å². The number of hydrogen-bond acceptors (Lipinski definition) is 17. The smallest absolute Gasteiger partial charge is 0.296 e. The molecule has 0 bridgehead atoms. The quantitative estimate of drug-likeness (QED) is 0.0340. The third kappa shape index (κ3) is 13.6. The number of phenols is 2. The predicted molar refractivity (Wildman–Crippen MR) is 284 cm³/mol. The van der Waals surface area contributed by atoms with Gasteiger partial charge in [0.25, 0.3) is 40.5 Å². The minimum absolute atomic E-state index is 0. The first-order valence-electron chi connectivity index (χ1n) is 20.2. The number of benzene rings is 9. The molecule has 0 saturated heterocycles. The number of fused-ring (bicyclic) bond motifs is 4. The summed E-state index contributed by atoms with van der Waals surface area (Å²) in [6, 6.07) is 34.2. The fraction of sp³-hybridized carbons (Fsp3) is 0. The average Bonchev–Trinajstić information content (AvgIpc) is 3.31. The van der Waals surface area contributed by atoms with Crippen molar-refractivity contribution in [3.8, 4) is 11.5 Å². The topological polar surface area (TPSA) is 344 Å². The number of anilines is 2. The van der Waals surface area contributed by atoms with Gasteiger partial charge in [0.1, 0.15) is 16.3 Å². The number of phenolic OH excluding ortho intramolecular Hbond substituents is 2. The first-order chi connectivity index (χ1) is 33.5. The maximum Gasteiger partial charge on any atom is 0.296 e. The van der Waals surface area contributed by atoms with Crippen LogP contribution >= 0.6 is 0 Å². The molecule has 21 nitrogen and oxygen atoms in total. The van der Waals surface area contributed by atoms with Crippen molar-refractivity contribution in [1.29, 1.82) is 0 Å². The van der Waals surface area contributed by atoms with E-state index in [2.05, 4.69) is 36.0 Å². The molecule has 0 atom stereocenters. The van der Waals surface area contributed by atoms with Crippen molar-refractivity contribution in [3.05, 3.63) is 146 Å². The van der Waals surface area contributed by atoms with Crippen LogP contribution in [0.5, 0.6) is 11.5 Å². The van der Waals surface area contributed by atoms with Gasteiger partial charge in [-0.25, -0.2) is 0 Å². The molecule has 75 heavy (non-hydrogen) atoms. The Morgan fingerprint density at radius 3 is 1.36 bits per heavy atom. The van der Waals surface area contributed by atoms with E-state index in [0.717, 1.165) is 48.2 Å². The number of nitrogens with zero attached hydrogens (tertiary/aromatic N) is 6. The Bertz CT molecular complexity index is 4310. The Kier molecular flexibility index (Phi) is 20.0. The molecule has 0 fully saturated rings. The summed E-state index contributed by atoms with van der Waals surface area (Å²) in [7, 11) is -19.6. The van der Waals surface area contributed by atoms with Crippen LogP contribution in [-0.2, 0) is 40.5 Å². The summed E-state index contributed by atoms with van der Waals surface area (Å²) in [6.07, 6.45) is 0. The fourth-order valence-electron chi connectivity index (χ4n) is 7.60. The van der Waals surface area contributed by atoms with Crippen LogP contribution in [0.4, 0.5) is 45.5 Å². The molecule has 9 rings (SSSR count). The number of hydrogen-bond donors (Lipinski definition) is 7. The van der Waals surface area contributed by atoms with E-state index in [1.807, 2.05) is 30.3 Å². The molecule has 0 saturated carbocycles. The van der Waals surface area contributed by atoms with E-state index in [4.69, 9.17) is 0 Å². The van der Waals surface area contributed by atoms with Crippen LogP contribution in [0.15, 0.2) is 196 Å². The van der Waals surface area contributed by atoms with Crippen LogP contribution < -0.4 is 5.32 Å². The SMILES string of the molecule is O=S(=O)(O)c1cc(O)c2c(N=Nc3ccc(N=Nc4ccc(N=Nc5c(S(=O)(=O)O)cc6cc(Nc7ccccc7)ccc6c5O)c5cc(S(=O)(=O)O)ccc45)c4ccccc34)cc(S(=O)(=O)O)cc2c1.[Na].[Na].[Na].[Na]. The van der Waals surface area contributed by atoms with Crippen molar-refractivity contribution in [2.24, 2.45) is 30.7 Å². The molecule has 0 unspecified atom stereocenters. The van der Waals surface area contributed by atoms with Crippen molar-refractivity contribution in [2.45, 2.75) is 19.6 Å². The molecular weight excluding hydrogens is 1090 g/mol. The second-order valence-electron chi connectivity index (χ2n) is 15.4. The normalized spacial score (nSPS) is 12.2. The minimum atomic E-state index is -5.04. The van der Waals surface area contributed by atoms with Crippen LogP contribution in [-0.4, -0.2) is 180 Å². The number of para-hydroxylation sites is 1. The van der Waals surface area contributed by atoms with Gasteiger partial charge in [0.15, 0.2) is 5.75 Å². The van der Waals surface area contributed by atoms with E-state index in [9.17, 15) is 62.1 Å². The second-order valence-corrected chi connectivity index (χ2v) is 21.1. The third-order valence-electron chi connectivity index (χ3n) is 10.8. The van der Waals surface area contributed by atoms with Gasteiger partial charge >= 0.3 is 0 Å². The Morgan fingerprint density at radius 2 is 0.827 bits per heavy atom. The van der Waals surface area contributed by atoms with Gasteiger partial charge in [-0.3, -0.25) is 18.2 Å². The molecule has 362 valence electrons. The van der Waals surface area contributed by atoms with Crippen LogP contribution in [0.25, 0.3) is 43.1 Å². The van der Waals surface area contributed by atoms with Gasteiger partial charge < -0.3 is 15.5 Å². The van der Waals surface area contributed by atoms with E-state index < -0.39 is 77.2 Å². The van der Waals surface area contributed by atoms with E-state index in [1.165, 1.54) is 36.4 Å². The Morgan fingerprint density at radius 1 is 0.360 bits per heavy atom. The first-order valence-corrected chi connectivity index (χ1v) is 26.0. The Balaban J connectivity index is 0.00000260. The molecule has 9 aromatic carbocycles. The summed E-state index contributed by atoms with van der Waals surface area (Å²) in [6.45, 7) is 0. The summed E-state index contributed by atoms with van der Waals surface area (Å²) >= 11 is 0. The van der Waals surface area contributed by atoms with Gasteiger partial charge in [0.2, 0.25) is 0 Å². The number of nitrogens with one attached hydrogen (secondary N) is 1. The molecule has 0 aliphatic heterocycles. The molecule has 9 aromatic rings. The molecule has 0 aliphatic carbocycles. The van der Waals surface area contributed by atoms with Crippen LogP contribution in [0.2, 0.25) is 0 Å². The van der Waals surface area contributed by atoms with Gasteiger partial charge in [-0.05, 0) is 102 Å². The molecule has 0 aromatic heterocycles. The van der Waals surface area contributed by atoms with E-state index in [0.29, 0.717) is 16.5 Å². The molecule has 29 heteroatoms. The van der Waals surface area contributed by atoms with Crippen LogP contribution in [0.1, 0.15) is 0 Å². The van der Waals surface area contributed by atoms with Crippen LogP contribution in [0.3, 0.4) is 0 Å².